The van der Waals surface area contributed by atoms with Gasteiger partial charge in [-0.1, -0.05) is 87.4 Å². The second-order valence-corrected chi connectivity index (χ2v) is 10.4. The maximum Gasteiger partial charge on any atom is 0.251 e. The fourth-order valence-corrected chi connectivity index (χ4v) is 5.12. The van der Waals surface area contributed by atoms with Crippen molar-refractivity contribution >= 4 is 23.5 Å². The van der Waals surface area contributed by atoms with Gasteiger partial charge < -0.3 is 16.0 Å². The Bertz CT molecular complexity index is 1090. The van der Waals surface area contributed by atoms with Gasteiger partial charge in [0.25, 0.3) is 5.91 Å². The summed E-state index contributed by atoms with van der Waals surface area (Å²) < 4.78 is 0. The predicted octanol–water partition coefficient (Wildman–Crippen LogP) is 4.02. The van der Waals surface area contributed by atoms with Crippen LogP contribution in [0.4, 0.5) is 0 Å². The first-order chi connectivity index (χ1) is 17.9. The number of hydrogen-bond acceptors (Lipinski definition) is 4. The third-order valence-electron chi connectivity index (χ3n) is 7.51. The number of benzene rings is 2. The zero-order valence-corrected chi connectivity index (χ0v) is 21.5. The molecular weight excluding hydrogens is 466 g/mol. The number of carbonyl (C=O) groups is 4. The van der Waals surface area contributed by atoms with Crippen LogP contribution >= 0.6 is 0 Å². The predicted molar refractivity (Wildman–Crippen MR) is 142 cm³/mol. The largest absolute Gasteiger partial charge is 0.357 e. The van der Waals surface area contributed by atoms with E-state index in [1.165, 1.54) is 6.42 Å². The minimum Gasteiger partial charge on any atom is -0.357 e. The molecule has 0 bridgehead atoms. The molecule has 2 atom stereocenters. The zero-order chi connectivity index (χ0) is 26.2. The van der Waals surface area contributed by atoms with E-state index in [1.54, 1.807) is 43.4 Å². The highest BCUT2D eigenvalue weighted by atomic mass is 16.2. The van der Waals surface area contributed by atoms with Crippen molar-refractivity contribution in [1.82, 2.24) is 16.0 Å². The number of carbonyl (C=O) groups excluding carboxylic acids is 4. The molecule has 0 aromatic heterocycles. The van der Waals surface area contributed by atoms with Crippen LogP contribution in [-0.2, 0) is 9.59 Å². The first kappa shape index (κ1) is 26.6. The number of rotatable bonds is 11. The SMILES string of the molecule is CNC(=O)[C@@H](CC1CC1)NC(=O)[C@H](CC1CCCCC1)NC(=O)c1ccc(C(=O)c2ccccc2)cc1. The van der Waals surface area contributed by atoms with Crippen LogP contribution in [0.25, 0.3) is 0 Å². The Kier molecular flexibility index (Phi) is 9.09. The fourth-order valence-electron chi connectivity index (χ4n) is 5.12. The first-order valence-electron chi connectivity index (χ1n) is 13.5. The van der Waals surface area contributed by atoms with Gasteiger partial charge >= 0.3 is 0 Å². The van der Waals surface area contributed by atoms with E-state index in [9.17, 15) is 19.2 Å². The number of nitrogens with one attached hydrogen (secondary N) is 3. The lowest BCUT2D eigenvalue weighted by Crippen LogP contribution is -2.54. The Labute approximate surface area is 218 Å². The van der Waals surface area contributed by atoms with Crippen molar-refractivity contribution in [3.8, 4) is 0 Å². The molecule has 3 amide bonds. The summed E-state index contributed by atoms with van der Waals surface area (Å²) in [6, 6.07) is 14.2. The highest BCUT2D eigenvalue weighted by Crippen LogP contribution is 2.33. The molecule has 0 heterocycles. The summed E-state index contributed by atoms with van der Waals surface area (Å²) in [6.07, 6.45) is 8.86. The summed E-state index contributed by atoms with van der Waals surface area (Å²) in [5.41, 5.74) is 1.46. The van der Waals surface area contributed by atoms with Crippen molar-refractivity contribution < 1.29 is 19.2 Å². The van der Waals surface area contributed by atoms with Gasteiger partial charge in [-0.15, -0.1) is 0 Å². The summed E-state index contributed by atoms with van der Waals surface area (Å²) in [6.45, 7) is 0. The molecule has 2 aliphatic carbocycles. The van der Waals surface area contributed by atoms with Crippen molar-refractivity contribution in [3.63, 3.8) is 0 Å². The first-order valence-corrected chi connectivity index (χ1v) is 13.5. The van der Waals surface area contributed by atoms with E-state index < -0.39 is 12.1 Å². The third kappa shape index (κ3) is 7.51. The van der Waals surface area contributed by atoms with E-state index in [0.717, 1.165) is 38.5 Å². The van der Waals surface area contributed by atoms with Crippen LogP contribution in [0.1, 0.15) is 84.1 Å². The lowest BCUT2D eigenvalue weighted by atomic mass is 9.84. The molecule has 7 nitrogen and oxygen atoms in total. The molecule has 2 aliphatic rings. The van der Waals surface area contributed by atoms with Crippen LogP contribution in [0.2, 0.25) is 0 Å². The molecule has 4 rings (SSSR count). The molecule has 0 spiro atoms. The molecule has 37 heavy (non-hydrogen) atoms. The minimum absolute atomic E-state index is 0.113. The number of amides is 3. The van der Waals surface area contributed by atoms with E-state index in [-0.39, 0.29) is 23.5 Å². The summed E-state index contributed by atoms with van der Waals surface area (Å²) >= 11 is 0. The van der Waals surface area contributed by atoms with E-state index in [1.807, 2.05) is 18.2 Å². The normalized spacial score (nSPS) is 17.3. The smallest absolute Gasteiger partial charge is 0.251 e. The molecule has 0 unspecified atom stereocenters. The summed E-state index contributed by atoms with van der Waals surface area (Å²) in [7, 11) is 1.57. The van der Waals surface area contributed by atoms with Crippen molar-refractivity contribution in [3.05, 3.63) is 71.3 Å². The molecule has 2 fully saturated rings. The number of ketones is 1. The zero-order valence-electron chi connectivity index (χ0n) is 21.5. The minimum atomic E-state index is -0.729. The molecule has 0 radical (unpaired) electrons. The second kappa shape index (κ2) is 12.7. The lowest BCUT2D eigenvalue weighted by Gasteiger charge is -2.28. The van der Waals surface area contributed by atoms with Crippen LogP contribution in [-0.4, -0.2) is 42.6 Å². The van der Waals surface area contributed by atoms with Crippen LogP contribution in [0, 0.1) is 11.8 Å². The number of hydrogen-bond donors (Lipinski definition) is 3. The Morgan fingerprint density at radius 3 is 1.81 bits per heavy atom. The van der Waals surface area contributed by atoms with Crippen LogP contribution in [0.15, 0.2) is 54.6 Å². The van der Waals surface area contributed by atoms with Gasteiger partial charge in [0, 0.05) is 23.7 Å². The van der Waals surface area contributed by atoms with E-state index in [4.69, 9.17) is 0 Å². The summed E-state index contributed by atoms with van der Waals surface area (Å²) in [4.78, 5) is 51.6. The van der Waals surface area contributed by atoms with Gasteiger partial charge in [-0.25, -0.2) is 0 Å². The Morgan fingerprint density at radius 2 is 1.22 bits per heavy atom. The topological polar surface area (TPSA) is 104 Å². The van der Waals surface area contributed by atoms with Crippen LogP contribution in [0.3, 0.4) is 0 Å². The standard InChI is InChI=1S/C30H37N3O4/c1-31-29(36)25(19-21-12-13-21)33-30(37)26(18-20-8-4-2-5-9-20)32-28(35)24-16-14-23(15-17-24)27(34)22-10-6-3-7-11-22/h3,6-7,10-11,14-17,20-21,25-26H,2,4-5,8-9,12-13,18-19H2,1H3,(H,31,36)(H,32,35)(H,33,37)/t25-,26+/m1/s1. The quantitative estimate of drug-likeness (QED) is 0.403. The molecule has 196 valence electrons. The van der Waals surface area contributed by atoms with Gasteiger partial charge in [-0.2, -0.15) is 0 Å². The van der Waals surface area contributed by atoms with Gasteiger partial charge in [-0.05, 0) is 36.8 Å². The third-order valence-corrected chi connectivity index (χ3v) is 7.51. The Balaban J connectivity index is 1.45. The van der Waals surface area contributed by atoms with Gasteiger partial charge in [-0.3, -0.25) is 19.2 Å². The molecule has 2 saturated carbocycles. The molecule has 7 heteroatoms. The van der Waals surface area contributed by atoms with Gasteiger partial charge in [0.2, 0.25) is 11.8 Å². The Morgan fingerprint density at radius 1 is 0.676 bits per heavy atom. The van der Waals surface area contributed by atoms with E-state index in [2.05, 4.69) is 16.0 Å². The average molecular weight is 504 g/mol. The highest BCUT2D eigenvalue weighted by molar-refractivity contribution is 6.09. The average Bonchev–Trinajstić information content (AvgIpc) is 3.76. The Hall–Kier alpha value is -3.48. The van der Waals surface area contributed by atoms with Gasteiger partial charge in [0.05, 0.1) is 0 Å². The highest BCUT2D eigenvalue weighted by Gasteiger charge is 2.33. The van der Waals surface area contributed by atoms with Crippen molar-refractivity contribution in [2.45, 2.75) is 69.9 Å². The van der Waals surface area contributed by atoms with Crippen LogP contribution in [0.5, 0.6) is 0 Å². The molecule has 3 N–H and O–H groups in total. The monoisotopic (exact) mass is 503 g/mol. The van der Waals surface area contributed by atoms with Crippen molar-refractivity contribution in [2.75, 3.05) is 7.05 Å². The molecule has 2 aromatic carbocycles. The second-order valence-electron chi connectivity index (χ2n) is 10.4. The maximum atomic E-state index is 13.4. The molecule has 0 aliphatic heterocycles. The fraction of sp³-hybridized carbons (Fsp3) is 0.467. The van der Waals surface area contributed by atoms with E-state index in [0.29, 0.717) is 41.4 Å². The van der Waals surface area contributed by atoms with E-state index >= 15 is 0 Å². The van der Waals surface area contributed by atoms with Crippen LogP contribution < -0.4 is 16.0 Å². The van der Waals surface area contributed by atoms with Crippen molar-refractivity contribution in [2.24, 2.45) is 11.8 Å². The molecular formula is C30H37N3O4. The number of likely N-dealkylation sites (N-methyl/N-ethyl adjacent to an activating group) is 1. The maximum absolute atomic E-state index is 13.4. The lowest BCUT2D eigenvalue weighted by molar-refractivity contribution is -0.130. The molecule has 0 saturated heterocycles. The summed E-state index contributed by atoms with van der Waals surface area (Å²) in [5.74, 6) is -0.180. The van der Waals surface area contributed by atoms with Gasteiger partial charge in [0.15, 0.2) is 5.78 Å². The summed E-state index contributed by atoms with van der Waals surface area (Å²) in [5, 5.41) is 8.49. The molecule has 2 aromatic rings. The van der Waals surface area contributed by atoms with Gasteiger partial charge in [0.1, 0.15) is 12.1 Å². The van der Waals surface area contributed by atoms with Crippen molar-refractivity contribution in [1.29, 1.82) is 0 Å².